The van der Waals surface area contributed by atoms with Crippen LogP contribution in [0.1, 0.15) is 18.9 Å². The van der Waals surface area contributed by atoms with Crippen LogP contribution in [0.3, 0.4) is 0 Å². The van der Waals surface area contributed by atoms with E-state index in [1.165, 1.54) is 5.56 Å². The van der Waals surface area contributed by atoms with E-state index in [2.05, 4.69) is 26.9 Å². The third-order valence-electron chi connectivity index (χ3n) is 6.00. The smallest absolute Gasteiger partial charge is 0.414 e. The van der Waals surface area contributed by atoms with Crippen molar-refractivity contribution in [3.8, 4) is 5.75 Å². The lowest BCUT2D eigenvalue weighted by Gasteiger charge is -2.20. The largest absolute Gasteiger partial charge is 0.465 e. The van der Waals surface area contributed by atoms with Crippen LogP contribution in [0.25, 0.3) is 0 Å². The zero-order chi connectivity index (χ0) is 22.7. The molecule has 32 heavy (non-hydrogen) atoms. The summed E-state index contributed by atoms with van der Waals surface area (Å²) in [6, 6.07) is 13.3. The minimum atomic E-state index is -0.292. The van der Waals surface area contributed by atoms with Gasteiger partial charge >= 0.3 is 6.09 Å². The van der Waals surface area contributed by atoms with Crippen molar-refractivity contribution in [1.82, 2.24) is 4.90 Å². The Labute approximate surface area is 202 Å². The van der Waals surface area contributed by atoms with Crippen LogP contribution >= 0.6 is 27.5 Å². The topological polar surface area (TPSA) is 51.2 Å². The number of hydrogen-bond acceptors (Lipinski definition) is 5. The molecule has 2 aromatic rings. The Morgan fingerprint density at radius 2 is 2.00 bits per heavy atom. The average Bonchev–Trinajstić information content (AvgIpc) is 3.37. The molecule has 0 aliphatic carbocycles. The fourth-order valence-corrected chi connectivity index (χ4v) is 4.85. The summed E-state index contributed by atoms with van der Waals surface area (Å²) < 4.78 is 17.7. The van der Waals surface area contributed by atoms with E-state index >= 15 is 0 Å². The average molecular weight is 524 g/mol. The highest BCUT2D eigenvalue weighted by molar-refractivity contribution is 9.10. The molecule has 2 heterocycles. The Bertz CT molecular complexity index is 942. The molecule has 4 rings (SSSR count). The Balaban J connectivity index is 1.30. The van der Waals surface area contributed by atoms with Gasteiger partial charge in [-0.1, -0.05) is 27.5 Å². The molecule has 0 spiro atoms. The number of carbonyl (C=O) groups excluding carboxylic acids is 1. The maximum absolute atomic E-state index is 12.3. The van der Waals surface area contributed by atoms with Crippen molar-refractivity contribution < 1.29 is 19.0 Å². The highest BCUT2D eigenvalue weighted by atomic mass is 79.9. The summed E-state index contributed by atoms with van der Waals surface area (Å²) >= 11 is 9.63. The Kier molecular flexibility index (Phi) is 7.61. The monoisotopic (exact) mass is 522 g/mol. The van der Waals surface area contributed by atoms with E-state index in [0.717, 1.165) is 48.4 Å². The second kappa shape index (κ2) is 10.4. The Morgan fingerprint density at radius 3 is 2.75 bits per heavy atom. The lowest BCUT2D eigenvalue weighted by molar-refractivity contribution is -0.0383. The number of methoxy groups -OCH3 is 1. The number of rotatable bonds is 8. The Hall–Kier alpha value is -1.80. The summed E-state index contributed by atoms with van der Waals surface area (Å²) in [5.41, 5.74) is 2.05. The molecule has 2 aliphatic heterocycles. The summed E-state index contributed by atoms with van der Waals surface area (Å²) in [6.45, 7) is 5.18. The zero-order valence-corrected chi connectivity index (χ0v) is 20.6. The number of likely N-dealkylation sites (tertiary alicyclic amines) is 1. The molecule has 2 aromatic carbocycles. The maximum atomic E-state index is 12.3. The van der Waals surface area contributed by atoms with Gasteiger partial charge < -0.3 is 14.2 Å². The molecule has 0 bridgehead atoms. The van der Waals surface area contributed by atoms with E-state index in [0.29, 0.717) is 17.5 Å². The Morgan fingerprint density at radius 1 is 1.22 bits per heavy atom. The van der Waals surface area contributed by atoms with Gasteiger partial charge in [-0.3, -0.25) is 9.80 Å². The number of ether oxygens (including phenoxy) is 3. The molecule has 2 fully saturated rings. The standard InChI is InChI=1S/C24H28BrClN2O4/c1-16(30-2)31-21-7-8-23(25)18(12-21)11-17-9-10-27(13-17)14-22-15-28(24(29)32-22)20-5-3-19(26)4-6-20/h3-8,12,16-17,22H,9-11,13-15H2,1-2H3. The van der Waals surface area contributed by atoms with E-state index < -0.39 is 0 Å². The van der Waals surface area contributed by atoms with Gasteiger partial charge in [0.05, 0.1) is 6.54 Å². The van der Waals surface area contributed by atoms with Gasteiger partial charge in [0.15, 0.2) is 6.29 Å². The highest BCUT2D eigenvalue weighted by Gasteiger charge is 2.35. The molecule has 0 N–H and O–H groups in total. The molecule has 6 nitrogen and oxygen atoms in total. The first-order chi connectivity index (χ1) is 15.4. The molecular weight excluding hydrogens is 496 g/mol. The molecule has 1 amide bonds. The van der Waals surface area contributed by atoms with Gasteiger partial charge in [0.1, 0.15) is 11.9 Å². The third-order valence-corrected chi connectivity index (χ3v) is 7.03. The van der Waals surface area contributed by atoms with Gasteiger partial charge in [-0.15, -0.1) is 0 Å². The van der Waals surface area contributed by atoms with Crippen LogP contribution in [0.5, 0.6) is 5.75 Å². The second-order valence-electron chi connectivity index (χ2n) is 8.39. The van der Waals surface area contributed by atoms with Gasteiger partial charge in [0, 0.05) is 35.4 Å². The lowest BCUT2D eigenvalue weighted by atomic mass is 9.98. The zero-order valence-electron chi connectivity index (χ0n) is 18.3. The minimum Gasteiger partial charge on any atom is -0.465 e. The molecular formula is C24H28BrClN2O4. The van der Waals surface area contributed by atoms with Crippen molar-refractivity contribution in [1.29, 1.82) is 0 Å². The first-order valence-corrected chi connectivity index (χ1v) is 12.0. The van der Waals surface area contributed by atoms with Crippen LogP contribution in [0.15, 0.2) is 46.9 Å². The molecule has 8 heteroatoms. The first-order valence-electron chi connectivity index (χ1n) is 10.8. The van der Waals surface area contributed by atoms with E-state index in [-0.39, 0.29) is 18.5 Å². The molecule has 0 radical (unpaired) electrons. The number of carbonyl (C=O) groups is 1. The summed E-state index contributed by atoms with van der Waals surface area (Å²) in [5.74, 6) is 1.36. The van der Waals surface area contributed by atoms with E-state index in [1.54, 1.807) is 24.1 Å². The predicted molar refractivity (Wildman–Crippen MR) is 129 cm³/mol. The van der Waals surface area contributed by atoms with Crippen molar-refractivity contribution in [2.45, 2.75) is 32.2 Å². The van der Waals surface area contributed by atoms with Gasteiger partial charge in [-0.05, 0) is 80.3 Å². The minimum absolute atomic E-state index is 0.129. The van der Waals surface area contributed by atoms with Crippen molar-refractivity contribution in [2.75, 3.05) is 38.2 Å². The van der Waals surface area contributed by atoms with Crippen molar-refractivity contribution in [3.05, 3.63) is 57.5 Å². The maximum Gasteiger partial charge on any atom is 0.414 e. The SMILES string of the molecule is COC(C)Oc1ccc(Br)c(CC2CCN(CC3CN(c4ccc(Cl)cc4)C(=O)O3)C2)c1. The van der Waals surface area contributed by atoms with Crippen molar-refractivity contribution in [3.63, 3.8) is 0 Å². The summed E-state index contributed by atoms with van der Waals surface area (Å²) in [5, 5.41) is 0.651. The number of hydrogen-bond donors (Lipinski definition) is 0. The fourth-order valence-electron chi connectivity index (χ4n) is 4.31. The quantitative estimate of drug-likeness (QED) is 0.436. The number of nitrogens with zero attached hydrogens (tertiary/aromatic N) is 2. The van der Waals surface area contributed by atoms with Gasteiger partial charge in [-0.2, -0.15) is 0 Å². The lowest BCUT2D eigenvalue weighted by Crippen LogP contribution is -2.33. The van der Waals surface area contributed by atoms with Gasteiger partial charge in [-0.25, -0.2) is 4.79 Å². The number of benzene rings is 2. The van der Waals surface area contributed by atoms with Crippen LogP contribution in [-0.4, -0.2) is 56.7 Å². The van der Waals surface area contributed by atoms with E-state index in [9.17, 15) is 4.79 Å². The van der Waals surface area contributed by atoms with Crippen LogP contribution < -0.4 is 9.64 Å². The van der Waals surface area contributed by atoms with E-state index in [4.69, 9.17) is 25.8 Å². The number of anilines is 1. The van der Waals surface area contributed by atoms with Crippen LogP contribution in [0.4, 0.5) is 10.5 Å². The molecule has 172 valence electrons. The second-order valence-corrected chi connectivity index (χ2v) is 9.68. The summed E-state index contributed by atoms with van der Waals surface area (Å²) in [4.78, 5) is 16.4. The van der Waals surface area contributed by atoms with Gasteiger partial charge in [0.25, 0.3) is 0 Å². The first kappa shape index (κ1) is 23.4. The number of halogens is 2. The molecule has 2 aliphatic rings. The molecule has 3 unspecified atom stereocenters. The normalized spacial score (nSPS) is 22.2. The molecule has 0 aromatic heterocycles. The number of amides is 1. The van der Waals surface area contributed by atoms with Gasteiger partial charge in [0.2, 0.25) is 0 Å². The van der Waals surface area contributed by atoms with Crippen molar-refractivity contribution >= 4 is 39.3 Å². The summed E-state index contributed by atoms with van der Waals surface area (Å²) in [6.07, 6.45) is 1.38. The van der Waals surface area contributed by atoms with Crippen LogP contribution in [-0.2, 0) is 15.9 Å². The van der Waals surface area contributed by atoms with Crippen LogP contribution in [0, 0.1) is 5.92 Å². The molecule has 0 saturated carbocycles. The van der Waals surface area contributed by atoms with Crippen LogP contribution in [0.2, 0.25) is 5.02 Å². The summed E-state index contributed by atoms with van der Waals surface area (Å²) in [7, 11) is 1.63. The number of cyclic esters (lactones) is 1. The fraction of sp³-hybridized carbons (Fsp3) is 0.458. The highest BCUT2D eigenvalue weighted by Crippen LogP contribution is 2.30. The van der Waals surface area contributed by atoms with E-state index in [1.807, 2.05) is 31.2 Å². The predicted octanol–water partition coefficient (Wildman–Crippen LogP) is 5.36. The molecule has 2 saturated heterocycles. The third kappa shape index (κ3) is 5.76. The van der Waals surface area contributed by atoms with Crippen molar-refractivity contribution in [2.24, 2.45) is 5.92 Å². The molecule has 3 atom stereocenters.